The number of rotatable bonds is 5. The van der Waals surface area contributed by atoms with Gasteiger partial charge in [-0.05, 0) is 19.4 Å². The van der Waals surface area contributed by atoms with Gasteiger partial charge in [-0.2, -0.15) is 0 Å². The van der Waals surface area contributed by atoms with Gasteiger partial charge in [0, 0.05) is 17.6 Å². The van der Waals surface area contributed by atoms with Crippen molar-refractivity contribution in [3.8, 4) is 0 Å². The number of nitrogens with one attached hydrogen (secondary N) is 1. The molecule has 0 bridgehead atoms. The highest BCUT2D eigenvalue weighted by atomic mass is 32.1. The maximum Gasteiger partial charge on any atom is 0.355 e. The molecule has 9 heteroatoms. The number of anilines is 1. The number of hydrogen-bond acceptors (Lipinski definition) is 7. The maximum absolute atomic E-state index is 11.0. The second-order valence-electron chi connectivity index (χ2n) is 4.38. The molecule has 0 spiro atoms. The third-order valence-corrected chi connectivity index (χ3v) is 3.69. The molecule has 2 rings (SSSR count). The number of carbonyl (C=O) groups is 1. The van der Waals surface area contributed by atoms with Gasteiger partial charge in [0.2, 0.25) is 5.82 Å². The normalized spacial score (nSPS) is 11.9. The van der Waals surface area contributed by atoms with Gasteiger partial charge in [0.1, 0.15) is 5.01 Å². The molecule has 0 amide bonds. The van der Waals surface area contributed by atoms with Crippen LogP contribution in [0.1, 0.15) is 34.0 Å². The average Bonchev–Trinajstić information content (AvgIpc) is 2.90. The number of aromatic nitrogens is 2. The second-order valence-corrected chi connectivity index (χ2v) is 5.27. The lowest BCUT2D eigenvalue weighted by atomic mass is 10.2. The minimum Gasteiger partial charge on any atom is -0.476 e. The lowest BCUT2D eigenvalue weighted by molar-refractivity contribution is -0.384. The highest BCUT2D eigenvalue weighted by Crippen LogP contribution is 2.27. The Bertz CT molecular complexity index is 700. The summed E-state index contributed by atoms with van der Waals surface area (Å²) in [6, 6.07) is 1.03. The molecule has 2 heterocycles. The van der Waals surface area contributed by atoms with E-state index in [0.29, 0.717) is 10.6 Å². The molecule has 0 aliphatic heterocycles. The number of carboxylic acid groups (broad SMARTS) is 1. The van der Waals surface area contributed by atoms with E-state index in [4.69, 9.17) is 5.11 Å². The third kappa shape index (κ3) is 3.31. The van der Waals surface area contributed by atoms with Crippen LogP contribution in [0.5, 0.6) is 0 Å². The Hall–Kier alpha value is -2.55. The zero-order chi connectivity index (χ0) is 15.6. The summed E-state index contributed by atoms with van der Waals surface area (Å²) in [6.45, 7) is 3.45. The Morgan fingerprint density at radius 3 is 2.86 bits per heavy atom. The highest BCUT2D eigenvalue weighted by Gasteiger charge is 2.20. The molecule has 0 aliphatic carbocycles. The van der Waals surface area contributed by atoms with Gasteiger partial charge in [-0.15, -0.1) is 11.3 Å². The monoisotopic (exact) mass is 308 g/mol. The first kappa shape index (κ1) is 14.9. The molecule has 2 N–H and O–H groups in total. The molecule has 1 atom stereocenters. The summed E-state index contributed by atoms with van der Waals surface area (Å²) >= 11 is 1.17. The molecule has 2 aromatic rings. The smallest absolute Gasteiger partial charge is 0.355 e. The van der Waals surface area contributed by atoms with E-state index in [-0.39, 0.29) is 17.2 Å². The predicted molar refractivity (Wildman–Crippen MR) is 76.7 cm³/mol. The molecule has 1 unspecified atom stereocenters. The first-order valence-corrected chi connectivity index (χ1v) is 6.82. The lowest BCUT2D eigenvalue weighted by Crippen LogP contribution is -2.10. The fraction of sp³-hybridized carbons (Fsp3) is 0.250. The van der Waals surface area contributed by atoms with Gasteiger partial charge in [0.15, 0.2) is 5.69 Å². The van der Waals surface area contributed by atoms with E-state index in [1.165, 1.54) is 29.0 Å². The summed E-state index contributed by atoms with van der Waals surface area (Å²) in [7, 11) is 0. The van der Waals surface area contributed by atoms with E-state index in [1.54, 1.807) is 13.8 Å². The van der Waals surface area contributed by atoms with Crippen molar-refractivity contribution in [1.29, 1.82) is 0 Å². The van der Waals surface area contributed by atoms with Crippen molar-refractivity contribution < 1.29 is 14.8 Å². The molecule has 21 heavy (non-hydrogen) atoms. The van der Waals surface area contributed by atoms with Crippen molar-refractivity contribution in [2.75, 3.05) is 5.32 Å². The minimum atomic E-state index is -1.11. The topological polar surface area (TPSA) is 118 Å². The Balaban J connectivity index is 2.24. The molecule has 0 saturated carbocycles. The molecule has 0 aromatic carbocycles. The quantitative estimate of drug-likeness (QED) is 0.643. The fourth-order valence-corrected chi connectivity index (χ4v) is 2.46. The number of nitro groups is 1. The first-order chi connectivity index (χ1) is 9.88. The second kappa shape index (κ2) is 5.83. The van der Waals surface area contributed by atoms with Crippen LogP contribution in [-0.2, 0) is 0 Å². The van der Waals surface area contributed by atoms with Crippen LogP contribution in [0.2, 0.25) is 0 Å². The Morgan fingerprint density at radius 1 is 1.57 bits per heavy atom. The van der Waals surface area contributed by atoms with Gasteiger partial charge in [0.05, 0.1) is 11.0 Å². The molecule has 0 aliphatic rings. The van der Waals surface area contributed by atoms with Crippen molar-refractivity contribution in [2.24, 2.45) is 0 Å². The third-order valence-electron chi connectivity index (χ3n) is 2.67. The maximum atomic E-state index is 11.0. The standard InChI is InChI=1S/C12H12N4O4S/c1-6-3-9(16(19)20)10(13-4-6)14-7(2)11-15-8(5-21-11)12(17)18/h3-5,7H,1-2H3,(H,13,14)(H,17,18). The summed E-state index contributed by atoms with van der Waals surface area (Å²) in [5.74, 6) is -0.977. The summed E-state index contributed by atoms with van der Waals surface area (Å²) in [5.41, 5.74) is 0.509. The number of carboxylic acids is 1. The molecule has 0 saturated heterocycles. The van der Waals surface area contributed by atoms with Crippen LogP contribution in [0.4, 0.5) is 11.5 Å². The molecule has 8 nitrogen and oxygen atoms in total. The van der Waals surface area contributed by atoms with E-state index < -0.39 is 16.9 Å². The number of aromatic carboxylic acids is 1. The van der Waals surface area contributed by atoms with E-state index in [2.05, 4.69) is 15.3 Å². The van der Waals surface area contributed by atoms with Crippen molar-refractivity contribution in [3.63, 3.8) is 0 Å². The van der Waals surface area contributed by atoms with E-state index >= 15 is 0 Å². The van der Waals surface area contributed by atoms with E-state index in [0.717, 1.165) is 0 Å². The number of thiazole rings is 1. The summed E-state index contributed by atoms with van der Waals surface area (Å²) in [6.07, 6.45) is 1.52. The molecular formula is C12H12N4O4S. The van der Waals surface area contributed by atoms with Crippen LogP contribution >= 0.6 is 11.3 Å². The van der Waals surface area contributed by atoms with E-state index in [1.807, 2.05) is 0 Å². The Kier molecular flexibility index (Phi) is 4.13. The zero-order valence-electron chi connectivity index (χ0n) is 11.2. The SMILES string of the molecule is Cc1cnc(NC(C)c2nc(C(=O)O)cs2)c([N+](=O)[O-])c1. The molecule has 0 radical (unpaired) electrons. The molecule has 110 valence electrons. The van der Waals surface area contributed by atoms with Gasteiger partial charge in [0.25, 0.3) is 0 Å². The van der Waals surface area contributed by atoms with Crippen LogP contribution in [0, 0.1) is 17.0 Å². The van der Waals surface area contributed by atoms with Crippen molar-refractivity contribution >= 4 is 28.8 Å². The van der Waals surface area contributed by atoms with Crippen molar-refractivity contribution in [2.45, 2.75) is 19.9 Å². The van der Waals surface area contributed by atoms with Gasteiger partial charge in [-0.25, -0.2) is 14.8 Å². The summed E-state index contributed by atoms with van der Waals surface area (Å²) in [5, 5.41) is 24.7. The Morgan fingerprint density at radius 2 is 2.29 bits per heavy atom. The number of hydrogen-bond donors (Lipinski definition) is 2. The van der Waals surface area contributed by atoms with Crippen molar-refractivity contribution in [3.05, 3.63) is 44.0 Å². The predicted octanol–water partition coefficient (Wildman–Crippen LogP) is 2.63. The van der Waals surface area contributed by atoms with Crippen LogP contribution in [0.25, 0.3) is 0 Å². The number of pyridine rings is 1. The average molecular weight is 308 g/mol. The zero-order valence-corrected chi connectivity index (χ0v) is 12.0. The summed E-state index contributed by atoms with van der Waals surface area (Å²) < 4.78 is 0. The Labute approximate surface area is 123 Å². The molecule has 2 aromatic heterocycles. The highest BCUT2D eigenvalue weighted by molar-refractivity contribution is 7.09. The fourth-order valence-electron chi connectivity index (χ4n) is 1.66. The van der Waals surface area contributed by atoms with Gasteiger partial charge in [-0.3, -0.25) is 10.1 Å². The van der Waals surface area contributed by atoms with Crippen LogP contribution in [0.3, 0.4) is 0 Å². The number of aryl methyl sites for hydroxylation is 1. The van der Waals surface area contributed by atoms with Crippen LogP contribution in [0.15, 0.2) is 17.6 Å². The largest absolute Gasteiger partial charge is 0.476 e. The van der Waals surface area contributed by atoms with Crippen LogP contribution < -0.4 is 5.32 Å². The van der Waals surface area contributed by atoms with Crippen LogP contribution in [-0.4, -0.2) is 26.0 Å². The van der Waals surface area contributed by atoms with Gasteiger partial charge in [-0.1, -0.05) is 0 Å². The van der Waals surface area contributed by atoms with Gasteiger partial charge < -0.3 is 10.4 Å². The lowest BCUT2D eigenvalue weighted by Gasteiger charge is -2.12. The molecular weight excluding hydrogens is 296 g/mol. The number of nitrogens with zero attached hydrogens (tertiary/aromatic N) is 3. The van der Waals surface area contributed by atoms with E-state index in [9.17, 15) is 14.9 Å². The molecule has 0 fully saturated rings. The van der Waals surface area contributed by atoms with Crippen molar-refractivity contribution in [1.82, 2.24) is 9.97 Å². The van der Waals surface area contributed by atoms with Gasteiger partial charge >= 0.3 is 11.7 Å². The minimum absolute atomic E-state index is 0.0463. The first-order valence-electron chi connectivity index (χ1n) is 5.94. The summed E-state index contributed by atoms with van der Waals surface area (Å²) in [4.78, 5) is 29.3.